The third-order valence-corrected chi connectivity index (χ3v) is 9.25. The van der Waals surface area contributed by atoms with Gasteiger partial charge in [0.15, 0.2) is 0 Å². The molecule has 0 unspecified atom stereocenters. The Labute approximate surface area is 216 Å². The van der Waals surface area contributed by atoms with Crippen LogP contribution in [0.15, 0.2) is 48.5 Å². The Morgan fingerprint density at radius 2 is 1.47 bits per heavy atom. The average molecular weight is 492 g/mol. The number of benzene rings is 2. The highest BCUT2D eigenvalue weighted by atomic mass is 16.5. The summed E-state index contributed by atoms with van der Waals surface area (Å²) in [4.78, 5) is 20.6. The Hall–Kier alpha value is -2.73. The highest BCUT2D eigenvalue weighted by Crippen LogP contribution is 2.50. The summed E-state index contributed by atoms with van der Waals surface area (Å²) in [6, 6.07) is 16.9. The molecular formula is C30H41N3O3. The maximum atomic E-state index is 13.8. The number of carbonyl (C=O) groups is 1. The van der Waals surface area contributed by atoms with Crippen LogP contribution < -0.4 is 9.47 Å². The molecule has 1 aliphatic heterocycles. The SMILES string of the molecule is COc1ccc(CN2C[C@]3(CC[C@@](c4ccc(OC)cc4)(N(C)C)CC3)N(CC3CCC3)C2=O)cc1. The van der Waals surface area contributed by atoms with Gasteiger partial charge in [0.25, 0.3) is 0 Å². The van der Waals surface area contributed by atoms with Crippen molar-refractivity contribution in [1.82, 2.24) is 14.7 Å². The first-order valence-electron chi connectivity index (χ1n) is 13.4. The number of urea groups is 1. The lowest BCUT2D eigenvalue weighted by Gasteiger charge is -2.51. The first kappa shape index (κ1) is 24.9. The van der Waals surface area contributed by atoms with E-state index in [1.165, 1.54) is 24.8 Å². The van der Waals surface area contributed by atoms with Crippen LogP contribution in [0.5, 0.6) is 11.5 Å². The van der Waals surface area contributed by atoms with Crippen molar-refractivity contribution in [3.63, 3.8) is 0 Å². The van der Waals surface area contributed by atoms with Gasteiger partial charge in [0.2, 0.25) is 0 Å². The summed E-state index contributed by atoms with van der Waals surface area (Å²) in [6.45, 7) is 2.38. The minimum atomic E-state index is -0.0782. The zero-order valence-electron chi connectivity index (χ0n) is 22.3. The molecule has 36 heavy (non-hydrogen) atoms. The normalized spacial score (nSPS) is 26.5. The summed E-state index contributed by atoms with van der Waals surface area (Å²) in [6.07, 6.45) is 7.94. The molecule has 5 rings (SSSR count). The maximum absolute atomic E-state index is 13.8. The zero-order chi connectivity index (χ0) is 25.3. The van der Waals surface area contributed by atoms with E-state index in [1.54, 1.807) is 14.2 Å². The van der Waals surface area contributed by atoms with Gasteiger partial charge in [0.05, 0.1) is 19.8 Å². The van der Waals surface area contributed by atoms with E-state index in [1.807, 2.05) is 12.1 Å². The Balaban J connectivity index is 1.38. The van der Waals surface area contributed by atoms with E-state index in [0.717, 1.165) is 55.8 Å². The fraction of sp³-hybridized carbons (Fsp3) is 0.567. The molecule has 1 heterocycles. The zero-order valence-corrected chi connectivity index (χ0v) is 22.3. The van der Waals surface area contributed by atoms with Crippen molar-refractivity contribution in [2.45, 2.75) is 62.6 Å². The van der Waals surface area contributed by atoms with Gasteiger partial charge in [-0.05, 0) is 93.9 Å². The van der Waals surface area contributed by atoms with E-state index in [0.29, 0.717) is 12.5 Å². The van der Waals surface area contributed by atoms with Gasteiger partial charge in [-0.25, -0.2) is 4.79 Å². The van der Waals surface area contributed by atoms with Crippen molar-refractivity contribution >= 4 is 6.03 Å². The molecule has 0 aromatic heterocycles. The van der Waals surface area contributed by atoms with Crippen molar-refractivity contribution < 1.29 is 14.3 Å². The molecule has 194 valence electrons. The van der Waals surface area contributed by atoms with Gasteiger partial charge < -0.3 is 19.3 Å². The van der Waals surface area contributed by atoms with Crippen molar-refractivity contribution in [3.8, 4) is 11.5 Å². The molecule has 2 aromatic rings. The van der Waals surface area contributed by atoms with Crippen LogP contribution in [0.2, 0.25) is 0 Å². The number of hydrogen-bond donors (Lipinski definition) is 0. The minimum absolute atomic E-state index is 0.0217. The molecular weight excluding hydrogens is 450 g/mol. The van der Waals surface area contributed by atoms with Crippen LogP contribution in [0.3, 0.4) is 0 Å². The van der Waals surface area contributed by atoms with E-state index in [4.69, 9.17) is 9.47 Å². The van der Waals surface area contributed by atoms with Crippen LogP contribution in [-0.4, -0.2) is 67.7 Å². The van der Waals surface area contributed by atoms with Crippen LogP contribution in [0.4, 0.5) is 4.79 Å². The monoisotopic (exact) mass is 491 g/mol. The summed E-state index contributed by atoms with van der Waals surface area (Å²) >= 11 is 0. The van der Waals surface area contributed by atoms with Crippen LogP contribution in [0, 0.1) is 5.92 Å². The van der Waals surface area contributed by atoms with E-state index in [9.17, 15) is 4.79 Å². The van der Waals surface area contributed by atoms with Crippen LogP contribution in [0.1, 0.15) is 56.1 Å². The highest BCUT2D eigenvalue weighted by Gasteiger charge is 2.54. The van der Waals surface area contributed by atoms with Gasteiger partial charge in [-0.15, -0.1) is 0 Å². The summed E-state index contributed by atoms with van der Waals surface area (Å²) in [5, 5.41) is 0. The summed E-state index contributed by atoms with van der Waals surface area (Å²) < 4.78 is 10.7. The molecule has 2 amide bonds. The van der Waals surface area contributed by atoms with E-state index >= 15 is 0 Å². The summed E-state index contributed by atoms with van der Waals surface area (Å²) in [5.41, 5.74) is 2.40. The molecule has 6 heteroatoms. The second-order valence-corrected chi connectivity index (χ2v) is 11.3. The molecule has 0 bridgehead atoms. The number of ether oxygens (including phenoxy) is 2. The minimum Gasteiger partial charge on any atom is -0.497 e. The van der Waals surface area contributed by atoms with Gasteiger partial charge in [-0.1, -0.05) is 30.7 Å². The predicted molar refractivity (Wildman–Crippen MR) is 142 cm³/mol. The number of nitrogens with zero attached hydrogens (tertiary/aromatic N) is 3. The molecule has 0 N–H and O–H groups in total. The molecule has 3 fully saturated rings. The third kappa shape index (κ3) is 4.45. The Bertz CT molecular complexity index is 1040. The molecule has 3 aliphatic rings. The number of amides is 2. The smallest absolute Gasteiger partial charge is 0.320 e. The molecule has 2 saturated carbocycles. The second-order valence-electron chi connectivity index (χ2n) is 11.3. The largest absolute Gasteiger partial charge is 0.497 e. The Morgan fingerprint density at radius 3 is 1.97 bits per heavy atom. The van der Waals surface area contributed by atoms with Gasteiger partial charge in [-0.3, -0.25) is 4.90 Å². The van der Waals surface area contributed by atoms with Crippen molar-refractivity contribution in [2.75, 3.05) is 41.4 Å². The Kier molecular flexibility index (Phi) is 6.90. The van der Waals surface area contributed by atoms with Crippen molar-refractivity contribution in [1.29, 1.82) is 0 Å². The van der Waals surface area contributed by atoms with Crippen molar-refractivity contribution in [3.05, 3.63) is 59.7 Å². The first-order valence-corrected chi connectivity index (χ1v) is 13.4. The fourth-order valence-electron chi connectivity index (χ4n) is 6.61. The number of carbonyl (C=O) groups excluding carboxylic acids is 1. The number of methoxy groups -OCH3 is 2. The molecule has 1 spiro atoms. The van der Waals surface area contributed by atoms with E-state index in [-0.39, 0.29) is 17.1 Å². The topological polar surface area (TPSA) is 45.3 Å². The fourth-order valence-corrected chi connectivity index (χ4v) is 6.61. The van der Waals surface area contributed by atoms with Gasteiger partial charge >= 0.3 is 6.03 Å². The average Bonchev–Trinajstić information content (AvgIpc) is 3.12. The highest BCUT2D eigenvalue weighted by molar-refractivity contribution is 5.78. The van der Waals surface area contributed by atoms with E-state index < -0.39 is 0 Å². The van der Waals surface area contributed by atoms with Gasteiger partial charge in [-0.2, -0.15) is 0 Å². The maximum Gasteiger partial charge on any atom is 0.320 e. The first-order chi connectivity index (χ1) is 17.4. The van der Waals surface area contributed by atoms with Crippen LogP contribution in [0.25, 0.3) is 0 Å². The molecule has 0 atom stereocenters. The summed E-state index contributed by atoms with van der Waals surface area (Å²) in [7, 11) is 7.80. The Morgan fingerprint density at radius 1 is 0.889 bits per heavy atom. The van der Waals surface area contributed by atoms with Gasteiger partial charge in [0, 0.05) is 25.2 Å². The van der Waals surface area contributed by atoms with Crippen LogP contribution >= 0.6 is 0 Å². The molecule has 2 aromatic carbocycles. The number of hydrogen-bond acceptors (Lipinski definition) is 4. The molecule has 6 nitrogen and oxygen atoms in total. The lowest BCUT2D eigenvalue weighted by Crippen LogP contribution is -2.56. The van der Waals surface area contributed by atoms with Crippen LogP contribution in [-0.2, 0) is 12.1 Å². The molecule has 1 saturated heterocycles. The summed E-state index contributed by atoms with van der Waals surface area (Å²) in [5.74, 6) is 2.40. The third-order valence-electron chi connectivity index (χ3n) is 9.25. The van der Waals surface area contributed by atoms with E-state index in [2.05, 4.69) is 65.2 Å². The lowest BCUT2D eigenvalue weighted by molar-refractivity contribution is 0.0159. The predicted octanol–water partition coefficient (Wildman–Crippen LogP) is 5.51. The van der Waals surface area contributed by atoms with Crippen molar-refractivity contribution in [2.24, 2.45) is 5.92 Å². The quantitative estimate of drug-likeness (QED) is 0.488. The molecule has 0 radical (unpaired) electrons. The standard InChI is InChI=1S/C30H41N3O3/c1-31(2)30(25-10-14-27(36-4)15-11-25)18-16-29(17-19-30)22-32(20-24-8-12-26(35-3)13-9-24)28(34)33(29)21-23-6-5-7-23/h8-15,23H,5-7,16-22H2,1-4H3/t29-,30-. The molecule has 2 aliphatic carbocycles. The number of rotatable bonds is 8. The van der Waals surface area contributed by atoms with Gasteiger partial charge in [0.1, 0.15) is 11.5 Å². The second kappa shape index (κ2) is 9.97. The lowest BCUT2D eigenvalue weighted by atomic mass is 9.68.